The van der Waals surface area contributed by atoms with Gasteiger partial charge in [0.2, 0.25) is 0 Å². The standard InChI is InChI=1S/C19H20N2O4/c1-11-12(2)21-17-7-6-14(9-16(11)17)19(23)25-13(3)18(22)20-10-15-5-4-8-24-15/h4-9,13,21H,10H2,1-3H3,(H,20,22). The molecule has 0 spiro atoms. The quantitative estimate of drug-likeness (QED) is 0.698. The number of carbonyl (C=O) groups excluding carboxylic acids is 2. The Balaban J connectivity index is 1.64. The molecule has 0 aliphatic rings. The number of aryl methyl sites for hydroxylation is 2. The van der Waals surface area contributed by atoms with Crippen LogP contribution in [0.1, 0.15) is 34.3 Å². The number of nitrogens with one attached hydrogen (secondary N) is 2. The van der Waals surface area contributed by atoms with Crippen molar-refractivity contribution in [3.63, 3.8) is 0 Å². The van der Waals surface area contributed by atoms with Gasteiger partial charge in [-0.1, -0.05) is 0 Å². The Morgan fingerprint density at radius 3 is 2.80 bits per heavy atom. The topological polar surface area (TPSA) is 84.3 Å². The zero-order valence-corrected chi connectivity index (χ0v) is 14.4. The lowest BCUT2D eigenvalue weighted by atomic mass is 10.1. The number of rotatable bonds is 5. The number of benzene rings is 1. The van der Waals surface area contributed by atoms with Crippen molar-refractivity contribution in [2.75, 3.05) is 0 Å². The van der Waals surface area contributed by atoms with E-state index in [1.807, 2.05) is 19.9 Å². The molecule has 1 unspecified atom stereocenters. The van der Waals surface area contributed by atoms with Crippen LogP contribution < -0.4 is 5.32 Å². The van der Waals surface area contributed by atoms with E-state index in [1.54, 1.807) is 31.2 Å². The van der Waals surface area contributed by atoms with Gasteiger partial charge in [-0.25, -0.2) is 4.79 Å². The number of furan rings is 1. The number of aromatic nitrogens is 1. The fourth-order valence-electron chi connectivity index (χ4n) is 2.60. The normalized spacial score (nSPS) is 12.1. The van der Waals surface area contributed by atoms with E-state index >= 15 is 0 Å². The number of H-pyrrole nitrogens is 1. The summed E-state index contributed by atoms with van der Waals surface area (Å²) >= 11 is 0. The lowest BCUT2D eigenvalue weighted by molar-refractivity contribution is -0.129. The minimum absolute atomic E-state index is 0.251. The third-order valence-corrected chi connectivity index (χ3v) is 4.21. The SMILES string of the molecule is Cc1[nH]c2ccc(C(=O)OC(C)C(=O)NCc3ccco3)cc2c1C. The highest BCUT2D eigenvalue weighted by Crippen LogP contribution is 2.22. The number of ether oxygens (including phenoxy) is 1. The van der Waals surface area contributed by atoms with E-state index in [2.05, 4.69) is 10.3 Å². The Bertz CT molecular complexity index is 909. The summed E-state index contributed by atoms with van der Waals surface area (Å²) < 4.78 is 10.4. The van der Waals surface area contributed by atoms with Crippen molar-refractivity contribution in [3.05, 3.63) is 59.2 Å². The maximum atomic E-state index is 12.3. The Hall–Kier alpha value is -3.02. The van der Waals surface area contributed by atoms with E-state index in [0.29, 0.717) is 11.3 Å². The molecule has 3 aromatic rings. The molecule has 0 saturated heterocycles. The highest BCUT2D eigenvalue weighted by Gasteiger charge is 2.19. The van der Waals surface area contributed by atoms with E-state index < -0.39 is 12.1 Å². The number of fused-ring (bicyclic) bond motifs is 1. The molecule has 0 fully saturated rings. The molecular formula is C19H20N2O4. The fourth-order valence-corrected chi connectivity index (χ4v) is 2.60. The lowest BCUT2D eigenvalue weighted by Gasteiger charge is -2.13. The van der Waals surface area contributed by atoms with Gasteiger partial charge in [0.1, 0.15) is 5.76 Å². The molecule has 0 aliphatic heterocycles. The van der Waals surface area contributed by atoms with E-state index in [4.69, 9.17) is 9.15 Å². The third kappa shape index (κ3) is 3.57. The number of esters is 1. The first-order valence-corrected chi connectivity index (χ1v) is 8.05. The van der Waals surface area contributed by atoms with Gasteiger partial charge in [-0.2, -0.15) is 0 Å². The highest BCUT2D eigenvalue weighted by atomic mass is 16.5. The second-order valence-corrected chi connectivity index (χ2v) is 5.98. The number of hydrogen-bond acceptors (Lipinski definition) is 4. The predicted molar refractivity (Wildman–Crippen MR) is 93.2 cm³/mol. The summed E-state index contributed by atoms with van der Waals surface area (Å²) in [6.45, 7) is 5.77. The molecule has 0 aliphatic carbocycles. The average Bonchev–Trinajstić information content (AvgIpc) is 3.21. The monoisotopic (exact) mass is 340 g/mol. The van der Waals surface area contributed by atoms with Crippen LogP contribution in [0.15, 0.2) is 41.0 Å². The molecule has 1 aromatic carbocycles. The average molecular weight is 340 g/mol. The second-order valence-electron chi connectivity index (χ2n) is 5.98. The molecule has 2 heterocycles. The Kier molecular flexibility index (Phi) is 4.61. The molecule has 6 nitrogen and oxygen atoms in total. The maximum absolute atomic E-state index is 12.3. The molecule has 1 amide bonds. The van der Waals surface area contributed by atoms with E-state index in [9.17, 15) is 9.59 Å². The smallest absolute Gasteiger partial charge is 0.338 e. The zero-order chi connectivity index (χ0) is 18.0. The second kappa shape index (κ2) is 6.84. The maximum Gasteiger partial charge on any atom is 0.338 e. The molecule has 0 saturated carbocycles. The van der Waals surface area contributed by atoms with Crippen LogP contribution in [0.4, 0.5) is 0 Å². The van der Waals surface area contributed by atoms with Crippen LogP contribution >= 0.6 is 0 Å². The van der Waals surface area contributed by atoms with Crippen LogP contribution in [0.2, 0.25) is 0 Å². The summed E-state index contributed by atoms with van der Waals surface area (Å²) in [5, 5.41) is 3.64. The van der Waals surface area contributed by atoms with Crippen molar-refractivity contribution in [3.8, 4) is 0 Å². The third-order valence-electron chi connectivity index (χ3n) is 4.21. The zero-order valence-electron chi connectivity index (χ0n) is 14.4. The minimum Gasteiger partial charge on any atom is -0.467 e. The molecule has 1 atom stereocenters. The summed E-state index contributed by atoms with van der Waals surface area (Å²) in [7, 11) is 0. The highest BCUT2D eigenvalue weighted by molar-refractivity contribution is 5.97. The summed E-state index contributed by atoms with van der Waals surface area (Å²) in [6, 6.07) is 8.81. The number of aromatic amines is 1. The van der Waals surface area contributed by atoms with Crippen molar-refractivity contribution in [2.24, 2.45) is 0 Å². The van der Waals surface area contributed by atoms with E-state index in [-0.39, 0.29) is 12.5 Å². The summed E-state index contributed by atoms with van der Waals surface area (Å²) in [6.07, 6.45) is 0.637. The minimum atomic E-state index is -0.896. The molecule has 130 valence electrons. The van der Waals surface area contributed by atoms with Gasteiger partial charge in [-0.3, -0.25) is 4.79 Å². The molecule has 0 bridgehead atoms. The van der Waals surface area contributed by atoms with Gasteiger partial charge < -0.3 is 19.5 Å². The molecule has 2 N–H and O–H groups in total. The summed E-state index contributed by atoms with van der Waals surface area (Å²) in [5.41, 5.74) is 3.54. The Labute approximate surface area is 145 Å². The first-order valence-electron chi connectivity index (χ1n) is 8.05. The van der Waals surface area contributed by atoms with Crippen LogP contribution in [0.5, 0.6) is 0 Å². The van der Waals surface area contributed by atoms with Gasteiger partial charge in [0, 0.05) is 16.6 Å². The van der Waals surface area contributed by atoms with Crippen LogP contribution in [0.25, 0.3) is 10.9 Å². The van der Waals surface area contributed by atoms with Crippen LogP contribution in [0, 0.1) is 13.8 Å². The van der Waals surface area contributed by atoms with Crippen molar-refractivity contribution < 1.29 is 18.7 Å². The first kappa shape index (κ1) is 16.8. The molecule has 25 heavy (non-hydrogen) atoms. The molecule has 6 heteroatoms. The van der Waals surface area contributed by atoms with E-state index in [1.165, 1.54) is 6.26 Å². The lowest BCUT2D eigenvalue weighted by Crippen LogP contribution is -2.35. The van der Waals surface area contributed by atoms with Gasteiger partial charge in [-0.05, 0) is 56.7 Å². The Morgan fingerprint density at radius 2 is 2.08 bits per heavy atom. The van der Waals surface area contributed by atoms with Crippen molar-refractivity contribution >= 4 is 22.8 Å². The molecular weight excluding hydrogens is 320 g/mol. The van der Waals surface area contributed by atoms with Gasteiger partial charge in [0.05, 0.1) is 18.4 Å². The van der Waals surface area contributed by atoms with Gasteiger partial charge in [0.15, 0.2) is 6.10 Å². The van der Waals surface area contributed by atoms with Crippen LogP contribution in [0.3, 0.4) is 0 Å². The largest absolute Gasteiger partial charge is 0.467 e. The predicted octanol–water partition coefficient (Wildman–Crippen LogP) is 3.24. The van der Waals surface area contributed by atoms with Crippen molar-refractivity contribution in [2.45, 2.75) is 33.4 Å². The van der Waals surface area contributed by atoms with Gasteiger partial charge >= 0.3 is 5.97 Å². The van der Waals surface area contributed by atoms with Crippen molar-refractivity contribution in [1.29, 1.82) is 0 Å². The van der Waals surface area contributed by atoms with E-state index in [0.717, 1.165) is 22.2 Å². The number of hydrogen-bond donors (Lipinski definition) is 2. The fraction of sp³-hybridized carbons (Fsp3) is 0.263. The summed E-state index contributed by atoms with van der Waals surface area (Å²) in [4.78, 5) is 27.6. The Morgan fingerprint density at radius 1 is 1.28 bits per heavy atom. The van der Waals surface area contributed by atoms with Crippen LogP contribution in [-0.4, -0.2) is 23.0 Å². The van der Waals surface area contributed by atoms with Crippen molar-refractivity contribution in [1.82, 2.24) is 10.3 Å². The molecule has 0 radical (unpaired) electrons. The number of amides is 1. The summed E-state index contributed by atoms with van der Waals surface area (Å²) in [5.74, 6) is -0.268. The first-order chi connectivity index (χ1) is 12.0. The van der Waals surface area contributed by atoms with Gasteiger partial charge in [-0.15, -0.1) is 0 Å². The molecule has 3 rings (SSSR count). The van der Waals surface area contributed by atoms with Crippen LogP contribution in [-0.2, 0) is 16.1 Å². The van der Waals surface area contributed by atoms with Gasteiger partial charge in [0.25, 0.3) is 5.91 Å². The number of carbonyl (C=O) groups is 2. The molecule has 2 aromatic heterocycles.